The molecule has 0 bridgehead atoms. The van der Waals surface area contributed by atoms with Crippen molar-refractivity contribution in [3.63, 3.8) is 0 Å². The zero-order valence-electron chi connectivity index (χ0n) is 13.0. The van der Waals surface area contributed by atoms with Crippen LogP contribution in [0.3, 0.4) is 0 Å². The number of carbonyl (C=O) groups is 3. The van der Waals surface area contributed by atoms with Crippen molar-refractivity contribution in [1.29, 1.82) is 0 Å². The van der Waals surface area contributed by atoms with Gasteiger partial charge in [-0.25, -0.2) is 4.79 Å². The minimum absolute atomic E-state index is 0.0348. The SMILES string of the molecule is CC(=O)c1ccc(OCc2ccccc2)c(C(=O)O)c1CC(=O)O. The van der Waals surface area contributed by atoms with Crippen molar-refractivity contribution in [2.45, 2.75) is 20.0 Å². The van der Waals surface area contributed by atoms with Crippen molar-refractivity contribution in [3.05, 3.63) is 64.7 Å². The summed E-state index contributed by atoms with van der Waals surface area (Å²) >= 11 is 0. The predicted octanol–water partition coefficient (Wildman–Crippen LogP) is 2.79. The standard InChI is InChI=1S/C18H16O6/c1-11(19)13-7-8-15(24-10-12-5-3-2-4-6-12)17(18(22)23)14(13)9-16(20)21/h2-8H,9-10H2,1H3,(H,20,21)(H,22,23). The molecule has 0 unspecified atom stereocenters. The Hall–Kier alpha value is -3.15. The lowest BCUT2D eigenvalue weighted by atomic mass is 9.95. The van der Waals surface area contributed by atoms with E-state index in [1.54, 1.807) is 0 Å². The Kier molecular flexibility index (Phi) is 5.31. The largest absolute Gasteiger partial charge is 0.488 e. The van der Waals surface area contributed by atoms with E-state index in [0.717, 1.165) is 5.56 Å². The number of Topliss-reactive ketones (excluding diaryl/α,β-unsaturated/α-hetero) is 1. The molecule has 124 valence electrons. The van der Waals surface area contributed by atoms with Crippen LogP contribution in [-0.4, -0.2) is 27.9 Å². The monoisotopic (exact) mass is 328 g/mol. The van der Waals surface area contributed by atoms with Gasteiger partial charge >= 0.3 is 11.9 Å². The molecule has 24 heavy (non-hydrogen) atoms. The topological polar surface area (TPSA) is 101 Å². The highest BCUT2D eigenvalue weighted by atomic mass is 16.5. The molecule has 0 aliphatic rings. The molecule has 0 aromatic heterocycles. The molecule has 0 aliphatic carbocycles. The lowest BCUT2D eigenvalue weighted by molar-refractivity contribution is -0.136. The van der Waals surface area contributed by atoms with Gasteiger partial charge in [-0.2, -0.15) is 0 Å². The van der Waals surface area contributed by atoms with Gasteiger partial charge in [0, 0.05) is 5.56 Å². The molecule has 0 heterocycles. The summed E-state index contributed by atoms with van der Waals surface area (Å²) in [5, 5.41) is 18.5. The highest BCUT2D eigenvalue weighted by Crippen LogP contribution is 2.28. The van der Waals surface area contributed by atoms with E-state index in [9.17, 15) is 19.5 Å². The van der Waals surface area contributed by atoms with Crippen LogP contribution >= 0.6 is 0 Å². The van der Waals surface area contributed by atoms with Gasteiger partial charge in [0.25, 0.3) is 0 Å². The second-order valence-corrected chi connectivity index (χ2v) is 5.17. The van der Waals surface area contributed by atoms with Gasteiger partial charge in [-0.3, -0.25) is 9.59 Å². The molecule has 0 amide bonds. The Morgan fingerprint density at radius 2 is 1.67 bits per heavy atom. The second kappa shape index (κ2) is 7.41. The number of aliphatic carboxylic acids is 1. The summed E-state index contributed by atoms with van der Waals surface area (Å²) in [6.07, 6.45) is -0.570. The fraction of sp³-hybridized carbons (Fsp3) is 0.167. The quantitative estimate of drug-likeness (QED) is 0.758. The molecule has 2 N–H and O–H groups in total. The van der Waals surface area contributed by atoms with E-state index >= 15 is 0 Å². The third kappa shape index (κ3) is 3.98. The predicted molar refractivity (Wildman–Crippen MR) is 85.5 cm³/mol. The third-order valence-corrected chi connectivity index (χ3v) is 3.43. The summed E-state index contributed by atoms with van der Waals surface area (Å²) in [5.41, 5.74) is 0.570. The van der Waals surface area contributed by atoms with Crippen LogP contribution in [-0.2, 0) is 17.8 Å². The smallest absolute Gasteiger partial charge is 0.339 e. The molecule has 0 spiro atoms. The number of carbonyl (C=O) groups excluding carboxylic acids is 1. The van der Waals surface area contributed by atoms with Gasteiger partial charge in [-0.1, -0.05) is 30.3 Å². The molecule has 6 nitrogen and oxygen atoms in total. The Bertz CT molecular complexity index is 780. The number of hydrogen-bond acceptors (Lipinski definition) is 4. The van der Waals surface area contributed by atoms with Crippen molar-refractivity contribution < 1.29 is 29.3 Å². The van der Waals surface area contributed by atoms with Crippen LogP contribution in [0.4, 0.5) is 0 Å². The van der Waals surface area contributed by atoms with Crippen LogP contribution < -0.4 is 4.74 Å². The van der Waals surface area contributed by atoms with Crippen LogP contribution in [0, 0.1) is 0 Å². The first-order valence-electron chi connectivity index (χ1n) is 7.18. The maximum atomic E-state index is 11.7. The van der Waals surface area contributed by atoms with E-state index in [0.29, 0.717) is 0 Å². The Morgan fingerprint density at radius 1 is 1.00 bits per heavy atom. The van der Waals surface area contributed by atoms with Gasteiger partial charge in [-0.15, -0.1) is 0 Å². The van der Waals surface area contributed by atoms with Crippen molar-refractivity contribution in [2.24, 2.45) is 0 Å². The fourth-order valence-electron chi connectivity index (χ4n) is 2.38. The molecule has 0 atom stereocenters. The molecule has 0 aliphatic heterocycles. The molecule has 6 heteroatoms. The van der Waals surface area contributed by atoms with Crippen LogP contribution in [0.2, 0.25) is 0 Å². The highest BCUT2D eigenvalue weighted by molar-refractivity contribution is 6.02. The Labute approximate surface area is 138 Å². The van der Waals surface area contributed by atoms with Gasteiger partial charge in [0.1, 0.15) is 17.9 Å². The second-order valence-electron chi connectivity index (χ2n) is 5.17. The number of ether oxygens (including phenoxy) is 1. The highest BCUT2D eigenvalue weighted by Gasteiger charge is 2.23. The van der Waals surface area contributed by atoms with E-state index in [1.165, 1.54) is 19.1 Å². The fourth-order valence-corrected chi connectivity index (χ4v) is 2.38. The zero-order valence-corrected chi connectivity index (χ0v) is 13.0. The molecular formula is C18H16O6. The maximum absolute atomic E-state index is 11.7. The van der Waals surface area contributed by atoms with Gasteiger partial charge in [0.05, 0.1) is 6.42 Å². The average molecular weight is 328 g/mol. The van der Waals surface area contributed by atoms with E-state index in [1.807, 2.05) is 30.3 Å². The normalized spacial score (nSPS) is 10.2. The minimum atomic E-state index is -1.34. The van der Waals surface area contributed by atoms with Crippen LogP contribution in [0.1, 0.15) is 38.8 Å². The molecule has 2 aromatic rings. The molecule has 0 fully saturated rings. The Balaban J connectivity index is 2.45. The number of aromatic carboxylic acids is 1. The number of hydrogen-bond donors (Lipinski definition) is 2. The van der Waals surface area contributed by atoms with Crippen LogP contribution in [0.5, 0.6) is 5.75 Å². The number of rotatable bonds is 7. The number of carboxylic acids is 2. The molecule has 2 rings (SSSR count). The van der Waals surface area contributed by atoms with Crippen molar-refractivity contribution >= 4 is 17.7 Å². The molecule has 0 saturated heterocycles. The summed E-state index contributed by atoms with van der Waals surface area (Å²) in [6, 6.07) is 11.9. The van der Waals surface area contributed by atoms with Gasteiger partial charge in [-0.05, 0) is 30.2 Å². The summed E-state index contributed by atoms with van der Waals surface area (Å²) in [5.74, 6) is -2.92. The molecular weight excluding hydrogens is 312 g/mol. The maximum Gasteiger partial charge on any atom is 0.339 e. The summed E-state index contributed by atoms with van der Waals surface area (Å²) < 4.78 is 5.56. The molecule has 2 aromatic carbocycles. The summed E-state index contributed by atoms with van der Waals surface area (Å²) in [6.45, 7) is 1.39. The summed E-state index contributed by atoms with van der Waals surface area (Å²) in [4.78, 5) is 34.4. The first-order chi connectivity index (χ1) is 11.4. The number of ketones is 1. The minimum Gasteiger partial charge on any atom is -0.488 e. The van der Waals surface area contributed by atoms with Gasteiger partial charge in [0.15, 0.2) is 5.78 Å². The van der Waals surface area contributed by atoms with E-state index < -0.39 is 24.1 Å². The van der Waals surface area contributed by atoms with Crippen molar-refractivity contribution in [3.8, 4) is 5.75 Å². The zero-order chi connectivity index (χ0) is 17.7. The lowest BCUT2D eigenvalue weighted by Crippen LogP contribution is -2.15. The number of carboxylic acid groups (broad SMARTS) is 2. The van der Waals surface area contributed by atoms with Crippen LogP contribution in [0.15, 0.2) is 42.5 Å². The summed E-state index contributed by atoms with van der Waals surface area (Å²) in [7, 11) is 0. The van der Waals surface area contributed by atoms with E-state index in [2.05, 4.69) is 0 Å². The molecule has 0 radical (unpaired) electrons. The van der Waals surface area contributed by atoms with Crippen molar-refractivity contribution in [1.82, 2.24) is 0 Å². The van der Waals surface area contributed by atoms with E-state index in [4.69, 9.17) is 9.84 Å². The lowest BCUT2D eigenvalue weighted by Gasteiger charge is -2.15. The van der Waals surface area contributed by atoms with Gasteiger partial charge in [0.2, 0.25) is 0 Å². The van der Waals surface area contributed by atoms with E-state index in [-0.39, 0.29) is 29.0 Å². The Morgan fingerprint density at radius 3 is 2.21 bits per heavy atom. The number of benzene rings is 2. The molecule has 0 saturated carbocycles. The van der Waals surface area contributed by atoms with Gasteiger partial charge < -0.3 is 14.9 Å². The van der Waals surface area contributed by atoms with Crippen molar-refractivity contribution in [2.75, 3.05) is 0 Å². The average Bonchev–Trinajstić information content (AvgIpc) is 2.52. The first-order valence-corrected chi connectivity index (χ1v) is 7.18. The third-order valence-electron chi connectivity index (χ3n) is 3.43. The van der Waals surface area contributed by atoms with Crippen LogP contribution in [0.25, 0.3) is 0 Å². The first kappa shape index (κ1) is 17.2.